The van der Waals surface area contributed by atoms with Gasteiger partial charge in [0.1, 0.15) is 11.6 Å². The molecule has 0 saturated heterocycles. The first kappa shape index (κ1) is 12.8. The minimum atomic E-state index is -0.727. The van der Waals surface area contributed by atoms with Crippen molar-refractivity contribution in [3.8, 4) is 0 Å². The van der Waals surface area contributed by atoms with Gasteiger partial charge in [0.05, 0.1) is 0 Å². The molecule has 1 atom stereocenters. The van der Waals surface area contributed by atoms with Gasteiger partial charge in [-0.2, -0.15) is 0 Å². The van der Waals surface area contributed by atoms with E-state index in [2.05, 4.69) is 0 Å². The zero-order valence-electron chi connectivity index (χ0n) is 9.17. The number of carbonyl (C=O) groups is 1. The van der Waals surface area contributed by atoms with E-state index < -0.39 is 11.6 Å². The van der Waals surface area contributed by atoms with Crippen molar-refractivity contribution in [3.63, 3.8) is 0 Å². The maximum absolute atomic E-state index is 12.9. The van der Waals surface area contributed by atoms with Gasteiger partial charge in [-0.15, -0.1) is 0 Å². The molecule has 0 bridgehead atoms. The molecule has 0 aromatic heterocycles. The zero-order chi connectivity index (χ0) is 12.1. The van der Waals surface area contributed by atoms with E-state index in [1.54, 1.807) is 6.92 Å². The fourth-order valence-electron chi connectivity index (χ4n) is 1.54. The van der Waals surface area contributed by atoms with Crippen LogP contribution in [0.2, 0.25) is 0 Å². The Morgan fingerprint density at radius 3 is 2.38 bits per heavy atom. The third-order valence-electron chi connectivity index (χ3n) is 2.44. The van der Waals surface area contributed by atoms with Crippen molar-refractivity contribution in [3.05, 3.63) is 35.4 Å². The summed E-state index contributed by atoms with van der Waals surface area (Å²) in [6.45, 7) is 2.25. The molecular formula is C12H15F2NO. The van der Waals surface area contributed by atoms with Gasteiger partial charge in [0.2, 0.25) is 0 Å². The largest absolute Gasteiger partial charge is 0.330 e. The smallest absolute Gasteiger partial charge is 0.165 e. The molecule has 0 radical (unpaired) electrons. The molecule has 0 spiro atoms. The summed E-state index contributed by atoms with van der Waals surface area (Å²) < 4.78 is 25.8. The van der Waals surface area contributed by atoms with Gasteiger partial charge in [-0.05, 0) is 31.5 Å². The van der Waals surface area contributed by atoms with Crippen LogP contribution < -0.4 is 5.73 Å². The standard InChI is InChI=1S/C12H15F2NO/c1-8(3-2-4-15)12(16)9-5-10(13)7-11(14)6-9/h5-8H,2-4,15H2,1H3. The highest BCUT2D eigenvalue weighted by molar-refractivity contribution is 5.97. The van der Waals surface area contributed by atoms with Gasteiger partial charge < -0.3 is 5.73 Å². The fourth-order valence-corrected chi connectivity index (χ4v) is 1.54. The van der Waals surface area contributed by atoms with Crippen LogP contribution in [0, 0.1) is 17.6 Å². The molecule has 2 N–H and O–H groups in total. The lowest BCUT2D eigenvalue weighted by Gasteiger charge is -2.09. The molecule has 0 saturated carbocycles. The number of Topliss-reactive ketones (excluding diaryl/α,β-unsaturated/α-hetero) is 1. The van der Waals surface area contributed by atoms with Gasteiger partial charge >= 0.3 is 0 Å². The van der Waals surface area contributed by atoms with Crippen molar-refractivity contribution in [2.24, 2.45) is 11.7 Å². The lowest BCUT2D eigenvalue weighted by atomic mass is 9.95. The molecule has 1 unspecified atom stereocenters. The topological polar surface area (TPSA) is 43.1 Å². The minimum Gasteiger partial charge on any atom is -0.330 e. The number of benzene rings is 1. The molecule has 16 heavy (non-hydrogen) atoms. The van der Waals surface area contributed by atoms with Crippen LogP contribution in [0.4, 0.5) is 8.78 Å². The molecule has 0 aliphatic rings. The van der Waals surface area contributed by atoms with E-state index in [1.165, 1.54) is 0 Å². The van der Waals surface area contributed by atoms with E-state index in [4.69, 9.17) is 5.73 Å². The molecule has 0 aliphatic heterocycles. The van der Waals surface area contributed by atoms with Crippen LogP contribution in [-0.4, -0.2) is 12.3 Å². The van der Waals surface area contributed by atoms with Gasteiger partial charge in [0, 0.05) is 17.5 Å². The Labute approximate surface area is 93.5 Å². The summed E-state index contributed by atoms with van der Waals surface area (Å²) in [6.07, 6.45) is 1.36. The number of ketones is 1. The van der Waals surface area contributed by atoms with Crippen molar-refractivity contribution in [2.45, 2.75) is 19.8 Å². The van der Waals surface area contributed by atoms with Crippen LogP contribution in [0.3, 0.4) is 0 Å². The van der Waals surface area contributed by atoms with Crippen LogP contribution in [0.5, 0.6) is 0 Å². The van der Waals surface area contributed by atoms with Crippen molar-refractivity contribution in [1.29, 1.82) is 0 Å². The number of nitrogens with two attached hydrogens (primary N) is 1. The minimum absolute atomic E-state index is 0.0852. The van der Waals surface area contributed by atoms with Gasteiger partial charge in [0.15, 0.2) is 5.78 Å². The molecule has 0 heterocycles. The van der Waals surface area contributed by atoms with Crippen LogP contribution in [-0.2, 0) is 0 Å². The summed E-state index contributed by atoms with van der Waals surface area (Å²) in [7, 11) is 0. The van der Waals surface area contributed by atoms with Gasteiger partial charge in [0.25, 0.3) is 0 Å². The highest BCUT2D eigenvalue weighted by atomic mass is 19.1. The second kappa shape index (κ2) is 5.70. The monoisotopic (exact) mass is 227 g/mol. The molecule has 4 heteroatoms. The second-order valence-electron chi connectivity index (χ2n) is 3.85. The average molecular weight is 227 g/mol. The summed E-state index contributed by atoms with van der Waals surface area (Å²) in [5, 5.41) is 0. The maximum Gasteiger partial charge on any atom is 0.165 e. The fraction of sp³-hybridized carbons (Fsp3) is 0.417. The quantitative estimate of drug-likeness (QED) is 0.785. The van der Waals surface area contributed by atoms with E-state index in [1.807, 2.05) is 0 Å². The third-order valence-corrected chi connectivity index (χ3v) is 2.44. The van der Waals surface area contributed by atoms with E-state index in [0.29, 0.717) is 13.0 Å². The van der Waals surface area contributed by atoms with E-state index in [0.717, 1.165) is 24.6 Å². The lowest BCUT2D eigenvalue weighted by Crippen LogP contribution is -2.13. The number of hydrogen-bond acceptors (Lipinski definition) is 2. The third kappa shape index (κ3) is 3.38. The summed E-state index contributed by atoms with van der Waals surface area (Å²) in [5.41, 5.74) is 5.42. The SMILES string of the molecule is CC(CCCN)C(=O)c1cc(F)cc(F)c1. The first-order chi connectivity index (χ1) is 7.54. The number of carbonyl (C=O) groups excluding carboxylic acids is 1. The molecule has 1 aromatic carbocycles. The zero-order valence-corrected chi connectivity index (χ0v) is 9.17. The summed E-state index contributed by atoms with van der Waals surface area (Å²) in [5.74, 6) is -1.96. The lowest BCUT2D eigenvalue weighted by molar-refractivity contribution is 0.0922. The molecular weight excluding hydrogens is 212 g/mol. The van der Waals surface area contributed by atoms with E-state index in [-0.39, 0.29) is 17.3 Å². The Bertz CT molecular complexity index is 359. The van der Waals surface area contributed by atoms with Gasteiger partial charge in [-0.25, -0.2) is 8.78 Å². The van der Waals surface area contributed by atoms with E-state index in [9.17, 15) is 13.6 Å². The van der Waals surface area contributed by atoms with E-state index >= 15 is 0 Å². The van der Waals surface area contributed by atoms with Crippen LogP contribution in [0.1, 0.15) is 30.1 Å². The Morgan fingerprint density at radius 1 is 1.31 bits per heavy atom. The number of halogens is 2. The predicted octanol–water partition coefficient (Wildman–Crippen LogP) is 2.52. The summed E-state index contributed by atoms with van der Waals surface area (Å²) in [6, 6.07) is 2.87. The maximum atomic E-state index is 12.9. The predicted molar refractivity (Wildman–Crippen MR) is 58.1 cm³/mol. The molecule has 88 valence electrons. The molecule has 0 fully saturated rings. The average Bonchev–Trinajstić information content (AvgIpc) is 2.23. The molecule has 0 aliphatic carbocycles. The second-order valence-corrected chi connectivity index (χ2v) is 3.85. The van der Waals surface area contributed by atoms with Crippen molar-refractivity contribution >= 4 is 5.78 Å². The molecule has 1 rings (SSSR count). The summed E-state index contributed by atoms with van der Waals surface area (Å²) in [4.78, 5) is 11.8. The first-order valence-corrected chi connectivity index (χ1v) is 5.25. The van der Waals surface area contributed by atoms with Gasteiger partial charge in [-0.1, -0.05) is 6.92 Å². The summed E-state index contributed by atoms with van der Waals surface area (Å²) >= 11 is 0. The van der Waals surface area contributed by atoms with Crippen LogP contribution >= 0.6 is 0 Å². The van der Waals surface area contributed by atoms with Crippen molar-refractivity contribution in [1.82, 2.24) is 0 Å². The van der Waals surface area contributed by atoms with Crippen LogP contribution in [0.15, 0.2) is 18.2 Å². The highest BCUT2D eigenvalue weighted by Gasteiger charge is 2.16. The van der Waals surface area contributed by atoms with Crippen LogP contribution in [0.25, 0.3) is 0 Å². The van der Waals surface area contributed by atoms with Crippen molar-refractivity contribution < 1.29 is 13.6 Å². The Balaban J connectivity index is 2.79. The molecule has 1 aromatic rings. The Kier molecular flexibility index (Phi) is 4.55. The molecule has 2 nitrogen and oxygen atoms in total. The van der Waals surface area contributed by atoms with Gasteiger partial charge in [-0.3, -0.25) is 4.79 Å². The Morgan fingerprint density at radius 2 is 1.88 bits per heavy atom. The number of rotatable bonds is 5. The first-order valence-electron chi connectivity index (χ1n) is 5.25. The molecule has 0 amide bonds. The Hall–Kier alpha value is -1.29. The number of hydrogen-bond donors (Lipinski definition) is 1. The normalized spacial score (nSPS) is 12.5. The van der Waals surface area contributed by atoms with Crippen molar-refractivity contribution in [2.75, 3.05) is 6.54 Å². The highest BCUT2D eigenvalue weighted by Crippen LogP contribution is 2.16.